The maximum atomic E-state index is 12.1. The molecule has 1 aromatic heterocycles. The zero-order valence-corrected chi connectivity index (χ0v) is 14.5. The van der Waals surface area contributed by atoms with Crippen LogP contribution >= 0.6 is 0 Å². The van der Waals surface area contributed by atoms with Crippen LogP contribution < -0.4 is 5.32 Å². The Morgan fingerprint density at radius 2 is 2.04 bits per heavy atom. The molecular weight excluding hydrogens is 304 g/mol. The first-order valence-corrected chi connectivity index (χ1v) is 8.65. The van der Waals surface area contributed by atoms with Gasteiger partial charge in [-0.1, -0.05) is 12.1 Å². The van der Waals surface area contributed by atoms with Gasteiger partial charge in [-0.3, -0.25) is 9.69 Å². The van der Waals surface area contributed by atoms with Crippen LogP contribution in [0.1, 0.15) is 25.7 Å². The first-order chi connectivity index (χ1) is 11.6. The predicted octanol–water partition coefficient (Wildman–Crippen LogP) is 1.86. The SMILES string of the molecule is C[C@@H](CCC(=O)NCc1nc2ccccc2o1)N1CCN(C)CC1. The van der Waals surface area contributed by atoms with Crippen molar-refractivity contribution < 1.29 is 9.21 Å². The number of oxazole rings is 1. The van der Waals surface area contributed by atoms with Crippen molar-refractivity contribution in [2.75, 3.05) is 33.2 Å². The molecule has 0 aliphatic carbocycles. The molecule has 2 heterocycles. The number of benzene rings is 1. The second-order valence-corrected chi connectivity index (χ2v) is 6.58. The highest BCUT2D eigenvalue weighted by molar-refractivity contribution is 5.76. The average molecular weight is 330 g/mol. The number of nitrogens with one attached hydrogen (secondary N) is 1. The Labute approximate surface area is 142 Å². The molecular formula is C18H26N4O2. The van der Waals surface area contributed by atoms with E-state index in [9.17, 15) is 4.79 Å². The third-order valence-electron chi connectivity index (χ3n) is 4.73. The summed E-state index contributed by atoms with van der Waals surface area (Å²) in [5.41, 5.74) is 1.58. The number of rotatable bonds is 6. The Bertz CT molecular complexity index is 643. The van der Waals surface area contributed by atoms with E-state index in [4.69, 9.17) is 4.42 Å². The summed E-state index contributed by atoms with van der Waals surface area (Å²) in [4.78, 5) is 21.2. The number of carbonyl (C=O) groups excluding carboxylic acids is 1. The minimum absolute atomic E-state index is 0.0539. The van der Waals surface area contributed by atoms with Crippen LogP contribution in [-0.2, 0) is 11.3 Å². The molecule has 1 aliphatic heterocycles. The monoisotopic (exact) mass is 330 g/mol. The van der Waals surface area contributed by atoms with Crippen LogP contribution in [0.25, 0.3) is 11.1 Å². The van der Waals surface area contributed by atoms with E-state index in [1.165, 1.54) is 0 Å². The Morgan fingerprint density at radius 3 is 2.79 bits per heavy atom. The first-order valence-electron chi connectivity index (χ1n) is 8.65. The van der Waals surface area contributed by atoms with Gasteiger partial charge in [0.25, 0.3) is 0 Å². The standard InChI is InChI=1S/C18H26N4O2/c1-14(22-11-9-21(2)10-12-22)7-8-17(23)19-13-18-20-15-5-3-4-6-16(15)24-18/h3-6,14H,7-13H2,1-2H3,(H,19,23)/t14-/m0/s1. The third kappa shape index (κ3) is 4.33. The summed E-state index contributed by atoms with van der Waals surface area (Å²) in [6.45, 7) is 6.93. The minimum atomic E-state index is 0.0539. The zero-order chi connectivity index (χ0) is 16.9. The number of aromatic nitrogens is 1. The number of nitrogens with zero attached hydrogens (tertiary/aromatic N) is 3. The van der Waals surface area contributed by atoms with Crippen LogP contribution in [0.5, 0.6) is 0 Å². The van der Waals surface area contributed by atoms with Crippen molar-refractivity contribution in [1.29, 1.82) is 0 Å². The van der Waals surface area contributed by atoms with Crippen molar-refractivity contribution in [3.8, 4) is 0 Å². The van der Waals surface area contributed by atoms with Gasteiger partial charge in [-0.25, -0.2) is 4.98 Å². The molecule has 0 saturated carbocycles. The van der Waals surface area contributed by atoms with Gasteiger partial charge in [-0.2, -0.15) is 0 Å². The van der Waals surface area contributed by atoms with Gasteiger partial charge < -0.3 is 14.6 Å². The Kier molecular flexibility index (Phi) is 5.48. The molecule has 6 heteroatoms. The van der Waals surface area contributed by atoms with Crippen molar-refractivity contribution in [3.63, 3.8) is 0 Å². The summed E-state index contributed by atoms with van der Waals surface area (Å²) < 4.78 is 5.61. The van der Waals surface area contributed by atoms with Gasteiger partial charge in [0, 0.05) is 38.6 Å². The predicted molar refractivity (Wildman–Crippen MR) is 93.6 cm³/mol. The second kappa shape index (κ2) is 7.77. The molecule has 0 unspecified atom stereocenters. The van der Waals surface area contributed by atoms with E-state index in [1.807, 2.05) is 24.3 Å². The van der Waals surface area contributed by atoms with Crippen molar-refractivity contribution in [1.82, 2.24) is 20.1 Å². The molecule has 1 fully saturated rings. The molecule has 2 aromatic rings. The lowest BCUT2D eigenvalue weighted by atomic mass is 10.1. The molecule has 3 rings (SSSR count). The number of hydrogen-bond acceptors (Lipinski definition) is 5. The summed E-state index contributed by atoms with van der Waals surface area (Å²) >= 11 is 0. The van der Waals surface area contributed by atoms with Gasteiger partial charge in [0.1, 0.15) is 5.52 Å². The van der Waals surface area contributed by atoms with Gasteiger partial charge in [0.2, 0.25) is 11.8 Å². The number of likely N-dealkylation sites (N-methyl/N-ethyl adjacent to an activating group) is 1. The Balaban J connectivity index is 1.40. The molecule has 0 radical (unpaired) electrons. The summed E-state index contributed by atoms with van der Waals surface area (Å²) in [5.74, 6) is 0.606. The van der Waals surface area contributed by atoms with Crippen LogP contribution in [0.2, 0.25) is 0 Å². The maximum absolute atomic E-state index is 12.1. The number of para-hydroxylation sites is 2. The Hall–Kier alpha value is -1.92. The molecule has 1 aliphatic rings. The largest absolute Gasteiger partial charge is 0.439 e. The average Bonchev–Trinajstić information content (AvgIpc) is 3.01. The highest BCUT2D eigenvalue weighted by atomic mass is 16.3. The fourth-order valence-electron chi connectivity index (χ4n) is 3.04. The van der Waals surface area contributed by atoms with Crippen LogP contribution in [0.3, 0.4) is 0 Å². The van der Waals surface area contributed by atoms with Crippen molar-refractivity contribution in [3.05, 3.63) is 30.2 Å². The van der Waals surface area contributed by atoms with E-state index < -0.39 is 0 Å². The van der Waals surface area contributed by atoms with Crippen molar-refractivity contribution in [2.45, 2.75) is 32.4 Å². The minimum Gasteiger partial charge on any atom is -0.439 e. The van der Waals surface area contributed by atoms with Gasteiger partial charge in [0.05, 0.1) is 6.54 Å². The van der Waals surface area contributed by atoms with Gasteiger partial charge >= 0.3 is 0 Å². The van der Waals surface area contributed by atoms with E-state index in [2.05, 4.69) is 34.1 Å². The summed E-state index contributed by atoms with van der Waals surface area (Å²) in [5, 5.41) is 2.90. The van der Waals surface area contributed by atoms with Gasteiger partial charge in [-0.15, -0.1) is 0 Å². The van der Waals surface area contributed by atoms with Gasteiger partial charge in [-0.05, 0) is 32.5 Å². The van der Waals surface area contributed by atoms with Gasteiger partial charge in [0.15, 0.2) is 5.58 Å². The summed E-state index contributed by atoms with van der Waals surface area (Å²) in [6, 6.07) is 8.06. The fraction of sp³-hybridized carbons (Fsp3) is 0.556. The second-order valence-electron chi connectivity index (χ2n) is 6.58. The van der Waals surface area contributed by atoms with Crippen molar-refractivity contribution in [2.24, 2.45) is 0 Å². The van der Waals surface area contributed by atoms with Crippen LogP contribution in [0.4, 0.5) is 0 Å². The molecule has 1 amide bonds. The molecule has 0 bridgehead atoms. The molecule has 6 nitrogen and oxygen atoms in total. The fourth-order valence-corrected chi connectivity index (χ4v) is 3.04. The van der Waals surface area contributed by atoms with Crippen LogP contribution in [-0.4, -0.2) is 60.0 Å². The van der Waals surface area contributed by atoms with E-state index >= 15 is 0 Å². The van der Waals surface area contributed by atoms with E-state index in [0.717, 1.165) is 43.7 Å². The molecule has 0 spiro atoms. The molecule has 130 valence electrons. The number of amides is 1. The van der Waals surface area contributed by atoms with Crippen LogP contribution in [0, 0.1) is 0 Å². The zero-order valence-electron chi connectivity index (χ0n) is 14.5. The van der Waals surface area contributed by atoms with Crippen molar-refractivity contribution >= 4 is 17.0 Å². The number of carbonyl (C=O) groups is 1. The molecule has 1 atom stereocenters. The lowest BCUT2D eigenvalue weighted by Crippen LogP contribution is -2.48. The smallest absolute Gasteiger partial charge is 0.220 e. The molecule has 1 saturated heterocycles. The number of fused-ring (bicyclic) bond motifs is 1. The third-order valence-corrected chi connectivity index (χ3v) is 4.73. The Morgan fingerprint density at radius 1 is 1.29 bits per heavy atom. The van der Waals surface area contributed by atoms with E-state index in [0.29, 0.717) is 24.9 Å². The molecule has 24 heavy (non-hydrogen) atoms. The molecule has 1 N–H and O–H groups in total. The maximum Gasteiger partial charge on any atom is 0.220 e. The quantitative estimate of drug-likeness (QED) is 0.876. The normalized spacial score (nSPS) is 17.9. The number of hydrogen-bond donors (Lipinski definition) is 1. The number of piperazine rings is 1. The summed E-state index contributed by atoms with van der Waals surface area (Å²) in [7, 11) is 2.15. The lowest BCUT2D eigenvalue weighted by Gasteiger charge is -2.36. The van der Waals surface area contributed by atoms with E-state index in [-0.39, 0.29) is 5.91 Å². The lowest BCUT2D eigenvalue weighted by molar-refractivity contribution is -0.121. The highest BCUT2D eigenvalue weighted by Crippen LogP contribution is 2.14. The summed E-state index contributed by atoms with van der Waals surface area (Å²) in [6.07, 6.45) is 1.41. The van der Waals surface area contributed by atoms with Crippen LogP contribution in [0.15, 0.2) is 28.7 Å². The first kappa shape index (κ1) is 16.9. The molecule has 1 aromatic carbocycles. The topological polar surface area (TPSA) is 61.6 Å². The highest BCUT2D eigenvalue weighted by Gasteiger charge is 2.19. The van der Waals surface area contributed by atoms with E-state index in [1.54, 1.807) is 0 Å².